The summed E-state index contributed by atoms with van der Waals surface area (Å²) in [6.45, 7) is 0. The van der Waals surface area contributed by atoms with Gasteiger partial charge in [-0.15, -0.1) is 10.2 Å². The van der Waals surface area contributed by atoms with Crippen LogP contribution in [-0.4, -0.2) is 23.1 Å². The second-order valence-electron chi connectivity index (χ2n) is 6.63. The number of nitrogens with zero attached hydrogens (tertiary/aromatic N) is 2. The third kappa shape index (κ3) is 4.78. The minimum Gasteiger partial charge on any atom is -0.497 e. The summed E-state index contributed by atoms with van der Waals surface area (Å²) in [6, 6.07) is 26.6. The highest BCUT2D eigenvalue weighted by Gasteiger charge is 2.25. The highest BCUT2D eigenvalue weighted by Crippen LogP contribution is 2.37. The predicted molar refractivity (Wildman–Crippen MR) is 116 cm³/mol. The van der Waals surface area contributed by atoms with E-state index in [9.17, 15) is 4.79 Å². The summed E-state index contributed by atoms with van der Waals surface area (Å²) >= 11 is 1.27. The molecule has 150 valence electrons. The van der Waals surface area contributed by atoms with Gasteiger partial charge in [-0.25, -0.2) is 0 Å². The Labute approximate surface area is 179 Å². The van der Waals surface area contributed by atoms with E-state index in [1.165, 1.54) is 11.8 Å². The number of Topliss-reactive ketones (excluding diaryl/α,β-unsaturated/α-hetero) is 1. The lowest BCUT2D eigenvalue weighted by molar-refractivity contribution is 0.0989. The number of ether oxygens (including phenoxy) is 1. The maximum atomic E-state index is 13.2. The van der Waals surface area contributed by atoms with E-state index in [2.05, 4.69) is 10.2 Å². The standard InChI is InChI=1S/C24H20N2O3S/c1-28-20-14-12-17(13-15-20)16-21-25-26-24(29-21)30-23(19-10-6-3-7-11-19)22(27)18-8-4-2-5-9-18/h2-15,23H,16H2,1H3/t23-/m1/s1. The van der Waals surface area contributed by atoms with Crippen LogP contribution in [0.5, 0.6) is 5.75 Å². The SMILES string of the molecule is COc1ccc(Cc2nnc(S[C@@H](C(=O)c3ccccc3)c3ccccc3)o2)cc1. The van der Waals surface area contributed by atoms with Gasteiger partial charge >= 0.3 is 0 Å². The molecule has 0 saturated carbocycles. The highest BCUT2D eigenvalue weighted by molar-refractivity contribution is 8.00. The number of carbonyl (C=O) groups is 1. The van der Waals surface area contributed by atoms with Gasteiger partial charge in [0.15, 0.2) is 5.78 Å². The zero-order valence-electron chi connectivity index (χ0n) is 16.4. The Morgan fingerprint density at radius 3 is 2.27 bits per heavy atom. The first-order valence-electron chi connectivity index (χ1n) is 9.49. The van der Waals surface area contributed by atoms with Crippen LogP contribution in [0.4, 0.5) is 0 Å². The largest absolute Gasteiger partial charge is 0.497 e. The van der Waals surface area contributed by atoms with Crippen molar-refractivity contribution in [1.29, 1.82) is 0 Å². The Balaban J connectivity index is 1.54. The van der Waals surface area contributed by atoms with Gasteiger partial charge in [0, 0.05) is 5.56 Å². The molecule has 0 aliphatic carbocycles. The van der Waals surface area contributed by atoms with Gasteiger partial charge in [0.2, 0.25) is 5.89 Å². The van der Waals surface area contributed by atoms with E-state index in [1.807, 2.05) is 84.9 Å². The summed E-state index contributed by atoms with van der Waals surface area (Å²) < 4.78 is 11.0. The van der Waals surface area contributed by atoms with Crippen LogP contribution in [0, 0.1) is 0 Å². The van der Waals surface area contributed by atoms with Gasteiger partial charge in [0.1, 0.15) is 11.0 Å². The van der Waals surface area contributed by atoms with Crippen LogP contribution in [0.3, 0.4) is 0 Å². The summed E-state index contributed by atoms with van der Waals surface area (Å²) in [5.41, 5.74) is 2.58. The second-order valence-corrected chi connectivity index (χ2v) is 7.68. The molecular weight excluding hydrogens is 396 g/mol. The molecule has 0 radical (unpaired) electrons. The van der Waals surface area contributed by atoms with Gasteiger partial charge in [0.05, 0.1) is 13.5 Å². The Morgan fingerprint density at radius 1 is 0.933 bits per heavy atom. The summed E-state index contributed by atoms with van der Waals surface area (Å²) in [6.07, 6.45) is 0.514. The predicted octanol–water partition coefficient (Wildman–Crippen LogP) is 5.39. The lowest BCUT2D eigenvalue weighted by Gasteiger charge is -2.14. The molecule has 0 aliphatic heterocycles. The molecule has 0 fully saturated rings. The molecule has 6 heteroatoms. The quantitative estimate of drug-likeness (QED) is 0.284. The first-order chi connectivity index (χ1) is 14.7. The monoisotopic (exact) mass is 416 g/mol. The smallest absolute Gasteiger partial charge is 0.277 e. The van der Waals surface area contributed by atoms with E-state index in [4.69, 9.17) is 9.15 Å². The Bertz CT molecular complexity index is 1100. The number of hydrogen-bond acceptors (Lipinski definition) is 6. The molecule has 4 aromatic rings. The van der Waals surface area contributed by atoms with Crippen molar-refractivity contribution < 1.29 is 13.9 Å². The van der Waals surface area contributed by atoms with E-state index >= 15 is 0 Å². The molecule has 0 unspecified atom stereocenters. The van der Waals surface area contributed by atoms with E-state index < -0.39 is 5.25 Å². The Kier molecular flexibility index (Phi) is 6.25. The van der Waals surface area contributed by atoms with E-state index in [0.717, 1.165) is 16.9 Å². The molecule has 1 atom stereocenters. The topological polar surface area (TPSA) is 65.2 Å². The van der Waals surface area contributed by atoms with Gasteiger partial charge in [-0.2, -0.15) is 0 Å². The van der Waals surface area contributed by atoms with Crippen LogP contribution >= 0.6 is 11.8 Å². The lowest BCUT2D eigenvalue weighted by Crippen LogP contribution is -2.10. The fourth-order valence-corrected chi connectivity index (χ4v) is 4.00. The fourth-order valence-electron chi connectivity index (χ4n) is 3.03. The fraction of sp³-hybridized carbons (Fsp3) is 0.125. The van der Waals surface area contributed by atoms with Crippen LogP contribution in [0.2, 0.25) is 0 Å². The molecule has 0 saturated heterocycles. The second kappa shape index (κ2) is 9.41. The number of rotatable bonds is 8. The highest BCUT2D eigenvalue weighted by atomic mass is 32.2. The summed E-state index contributed by atoms with van der Waals surface area (Å²) in [5, 5.41) is 8.21. The molecule has 5 nitrogen and oxygen atoms in total. The summed E-state index contributed by atoms with van der Waals surface area (Å²) in [4.78, 5) is 13.2. The van der Waals surface area contributed by atoms with Gasteiger partial charge in [-0.05, 0) is 35.0 Å². The number of carbonyl (C=O) groups excluding carboxylic acids is 1. The van der Waals surface area contributed by atoms with Crippen molar-refractivity contribution in [3.63, 3.8) is 0 Å². The minimum atomic E-state index is -0.470. The lowest BCUT2D eigenvalue weighted by atomic mass is 10.0. The van der Waals surface area contributed by atoms with Gasteiger partial charge in [-0.1, -0.05) is 72.8 Å². The van der Waals surface area contributed by atoms with Crippen molar-refractivity contribution in [1.82, 2.24) is 10.2 Å². The van der Waals surface area contributed by atoms with Crippen LogP contribution < -0.4 is 4.74 Å². The van der Waals surface area contributed by atoms with Crippen molar-refractivity contribution in [2.75, 3.05) is 7.11 Å². The van der Waals surface area contributed by atoms with Crippen molar-refractivity contribution in [2.45, 2.75) is 16.9 Å². The normalized spacial score (nSPS) is 11.8. The van der Waals surface area contributed by atoms with Crippen molar-refractivity contribution >= 4 is 17.5 Å². The average molecular weight is 417 g/mol. The van der Waals surface area contributed by atoms with Gasteiger partial charge in [-0.3, -0.25) is 4.79 Å². The number of benzene rings is 3. The Morgan fingerprint density at radius 2 is 1.60 bits per heavy atom. The first kappa shape index (κ1) is 19.9. The Hall–Kier alpha value is -3.38. The van der Waals surface area contributed by atoms with Crippen molar-refractivity contribution in [3.8, 4) is 5.75 Å². The molecule has 0 amide bonds. The van der Waals surface area contributed by atoms with E-state index in [0.29, 0.717) is 23.1 Å². The number of aromatic nitrogens is 2. The molecular formula is C24H20N2O3S. The molecule has 0 N–H and O–H groups in total. The minimum absolute atomic E-state index is 0.00158. The summed E-state index contributed by atoms with van der Waals surface area (Å²) in [7, 11) is 1.64. The number of ketones is 1. The first-order valence-corrected chi connectivity index (χ1v) is 10.4. The number of methoxy groups -OCH3 is 1. The maximum absolute atomic E-state index is 13.2. The molecule has 0 aliphatic rings. The number of hydrogen-bond donors (Lipinski definition) is 0. The summed E-state index contributed by atoms with van der Waals surface area (Å²) in [5.74, 6) is 1.30. The van der Waals surface area contributed by atoms with Crippen LogP contribution in [0.25, 0.3) is 0 Å². The van der Waals surface area contributed by atoms with E-state index in [1.54, 1.807) is 7.11 Å². The molecule has 30 heavy (non-hydrogen) atoms. The third-order valence-corrected chi connectivity index (χ3v) is 5.67. The van der Waals surface area contributed by atoms with Gasteiger partial charge in [0.25, 0.3) is 5.22 Å². The zero-order valence-corrected chi connectivity index (χ0v) is 17.2. The molecule has 3 aromatic carbocycles. The maximum Gasteiger partial charge on any atom is 0.277 e. The molecule has 4 rings (SSSR count). The molecule has 0 bridgehead atoms. The van der Waals surface area contributed by atoms with E-state index in [-0.39, 0.29) is 5.78 Å². The molecule has 1 heterocycles. The van der Waals surface area contributed by atoms with Crippen molar-refractivity contribution in [2.24, 2.45) is 0 Å². The molecule has 1 aromatic heterocycles. The van der Waals surface area contributed by atoms with Crippen molar-refractivity contribution in [3.05, 3.63) is 108 Å². The van der Waals surface area contributed by atoms with Crippen LogP contribution in [-0.2, 0) is 6.42 Å². The van der Waals surface area contributed by atoms with Crippen LogP contribution in [0.15, 0.2) is 94.6 Å². The average Bonchev–Trinajstić information content (AvgIpc) is 3.25. The van der Waals surface area contributed by atoms with Gasteiger partial charge < -0.3 is 9.15 Å². The molecule has 0 spiro atoms. The van der Waals surface area contributed by atoms with Crippen LogP contribution in [0.1, 0.15) is 32.6 Å². The zero-order chi connectivity index (χ0) is 20.8. The number of thioether (sulfide) groups is 1. The third-order valence-electron chi connectivity index (χ3n) is 4.58.